The molecule has 2 atom stereocenters. The Kier molecular flexibility index (Phi) is 5.65. The van der Waals surface area contributed by atoms with Crippen LogP contribution in [0.1, 0.15) is 16.7 Å². The summed E-state index contributed by atoms with van der Waals surface area (Å²) < 4.78 is 23.3. The number of carbonyl (C=O) groups excluding carboxylic acids is 1. The van der Waals surface area contributed by atoms with E-state index in [2.05, 4.69) is 15.6 Å². The smallest absolute Gasteiger partial charge is 0.224 e. The minimum Gasteiger partial charge on any atom is -0.352 e. The highest BCUT2D eigenvalue weighted by atomic mass is 32.2. The molecule has 2 aliphatic heterocycles. The van der Waals surface area contributed by atoms with Crippen molar-refractivity contribution in [3.8, 4) is 0 Å². The molecule has 2 aliphatic rings. The number of hydrogen-bond donors (Lipinski definition) is 2. The molecule has 0 saturated carbocycles. The van der Waals surface area contributed by atoms with Crippen LogP contribution in [-0.2, 0) is 27.6 Å². The summed E-state index contributed by atoms with van der Waals surface area (Å²) in [7, 11) is -2.94. The quantitative estimate of drug-likeness (QED) is 0.763. The first-order valence-electron chi connectivity index (χ1n) is 9.49. The second-order valence-electron chi connectivity index (χ2n) is 7.50. The summed E-state index contributed by atoms with van der Waals surface area (Å²) in [6, 6.07) is 15.6. The first-order valence-corrected chi connectivity index (χ1v) is 12.2. The maximum absolute atomic E-state index is 12.2. The fourth-order valence-corrected chi connectivity index (χ4v) is 7.08. The maximum Gasteiger partial charge on any atom is 0.224 e. The molecule has 0 aromatic heterocycles. The molecular formula is C21H23N3O3S2. The average molecular weight is 430 g/mol. The topological polar surface area (TPSA) is 87.6 Å². The molecule has 2 heterocycles. The number of nitrogens with zero attached hydrogens (tertiary/aromatic N) is 1. The Balaban J connectivity index is 1.27. The first kappa shape index (κ1) is 20.0. The van der Waals surface area contributed by atoms with Gasteiger partial charge in [-0.3, -0.25) is 9.79 Å². The van der Waals surface area contributed by atoms with Gasteiger partial charge < -0.3 is 10.6 Å². The van der Waals surface area contributed by atoms with Gasteiger partial charge in [-0.05, 0) is 30.2 Å². The summed E-state index contributed by atoms with van der Waals surface area (Å²) in [5.74, 6) is 0.330. The van der Waals surface area contributed by atoms with Crippen molar-refractivity contribution in [2.75, 3.05) is 16.8 Å². The number of carbonyl (C=O) groups is 1. The average Bonchev–Trinajstić information content (AvgIpc) is 3.15. The van der Waals surface area contributed by atoms with Gasteiger partial charge in [-0.25, -0.2) is 8.42 Å². The van der Waals surface area contributed by atoms with Gasteiger partial charge >= 0.3 is 0 Å². The molecule has 152 valence electrons. The van der Waals surface area contributed by atoms with Gasteiger partial charge in [-0.2, -0.15) is 0 Å². The lowest BCUT2D eigenvalue weighted by Crippen LogP contribution is -2.24. The predicted molar refractivity (Wildman–Crippen MR) is 118 cm³/mol. The molecule has 6 nitrogen and oxygen atoms in total. The van der Waals surface area contributed by atoms with Crippen LogP contribution in [-0.4, -0.2) is 42.3 Å². The standard InChI is InChI=1S/C21H23N3O3S2/c1-14-2-4-16(5-3-14)11-22-20(25)10-15-6-8-17(9-7-15)23-21-24-18-12-29(26,27)13-19(18)28-21/h2-9,18-19H,10-13H2,1H3,(H,22,25)(H,23,24)/t18-,19+/m1/s1. The number of aryl methyl sites for hydroxylation is 1. The van der Waals surface area contributed by atoms with E-state index in [1.165, 1.54) is 17.3 Å². The number of fused-ring (bicyclic) bond motifs is 1. The Morgan fingerprint density at radius 2 is 1.76 bits per heavy atom. The van der Waals surface area contributed by atoms with E-state index in [-0.39, 0.29) is 28.7 Å². The van der Waals surface area contributed by atoms with Crippen molar-refractivity contribution >= 4 is 38.4 Å². The summed E-state index contributed by atoms with van der Waals surface area (Å²) in [4.78, 5) is 16.7. The Labute approximate surface area is 175 Å². The van der Waals surface area contributed by atoms with E-state index in [0.29, 0.717) is 13.0 Å². The van der Waals surface area contributed by atoms with E-state index in [1.54, 1.807) is 0 Å². The van der Waals surface area contributed by atoms with Crippen LogP contribution < -0.4 is 10.6 Å². The highest BCUT2D eigenvalue weighted by Gasteiger charge is 2.42. The maximum atomic E-state index is 12.2. The molecule has 1 saturated heterocycles. The monoisotopic (exact) mass is 429 g/mol. The Morgan fingerprint density at radius 1 is 1.07 bits per heavy atom. The van der Waals surface area contributed by atoms with Crippen molar-refractivity contribution in [3.63, 3.8) is 0 Å². The third-order valence-electron chi connectivity index (χ3n) is 5.00. The lowest BCUT2D eigenvalue weighted by atomic mass is 10.1. The van der Waals surface area contributed by atoms with E-state index in [1.807, 2.05) is 55.5 Å². The van der Waals surface area contributed by atoms with Crippen LogP contribution in [0.4, 0.5) is 5.69 Å². The number of anilines is 1. The van der Waals surface area contributed by atoms with Crippen molar-refractivity contribution in [1.82, 2.24) is 5.32 Å². The summed E-state index contributed by atoms with van der Waals surface area (Å²) in [6.07, 6.45) is 0.323. The van der Waals surface area contributed by atoms with Crippen LogP contribution in [0.15, 0.2) is 53.5 Å². The largest absolute Gasteiger partial charge is 0.352 e. The van der Waals surface area contributed by atoms with Crippen molar-refractivity contribution in [2.45, 2.75) is 31.2 Å². The van der Waals surface area contributed by atoms with Gasteiger partial charge in [0.15, 0.2) is 15.0 Å². The Morgan fingerprint density at radius 3 is 2.45 bits per heavy atom. The molecule has 2 aromatic carbocycles. The molecule has 1 fully saturated rings. The molecule has 0 spiro atoms. The molecule has 0 radical (unpaired) electrons. The van der Waals surface area contributed by atoms with Crippen LogP contribution >= 0.6 is 11.8 Å². The molecule has 0 bridgehead atoms. The van der Waals surface area contributed by atoms with Gasteiger partial charge in [0.25, 0.3) is 0 Å². The molecular weight excluding hydrogens is 406 g/mol. The van der Waals surface area contributed by atoms with Gasteiger partial charge in [0.05, 0.1) is 24.0 Å². The molecule has 4 rings (SSSR count). The SMILES string of the molecule is Cc1ccc(CNC(=O)Cc2ccc(NC3=N[C@@H]4CS(=O)(=O)C[C@@H]4S3)cc2)cc1. The summed E-state index contributed by atoms with van der Waals surface area (Å²) in [5.41, 5.74) is 4.09. The van der Waals surface area contributed by atoms with E-state index < -0.39 is 9.84 Å². The number of aliphatic imine (C=N–C) groups is 1. The number of amides is 1. The third-order valence-corrected chi connectivity index (χ3v) is 8.14. The van der Waals surface area contributed by atoms with Crippen LogP contribution in [0, 0.1) is 6.92 Å². The zero-order valence-corrected chi connectivity index (χ0v) is 17.7. The number of amidine groups is 1. The Bertz CT molecular complexity index is 1030. The lowest BCUT2D eigenvalue weighted by Gasteiger charge is -2.09. The van der Waals surface area contributed by atoms with E-state index >= 15 is 0 Å². The Hall–Kier alpha value is -2.32. The normalized spacial score (nSPS) is 22.0. The molecule has 8 heteroatoms. The van der Waals surface area contributed by atoms with Crippen molar-refractivity contribution in [3.05, 3.63) is 65.2 Å². The number of sulfone groups is 1. The minimum atomic E-state index is -2.94. The molecule has 29 heavy (non-hydrogen) atoms. The van der Waals surface area contributed by atoms with Crippen molar-refractivity contribution < 1.29 is 13.2 Å². The van der Waals surface area contributed by atoms with Gasteiger partial charge in [-0.1, -0.05) is 53.7 Å². The molecule has 1 amide bonds. The van der Waals surface area contributed by atoms with Crippen molar-refractivity contribution in [2.24, 2.45) is 4.99 Å². The molecule has 2 aromatic rings. The second-order valence-corrected chi connectivity index (χ2v) is 10.9. The molecule has 0 aliphatic carbocycles. The number of hydrogen-bond acceptors (Lipinski definition) is 6. The van der Waals surface area contributed by atoms with Crippen LogP contribution in [0.5, 0.6) is 0 Å². The van der Waals surface area contributed by atoms with Gasteiger partial charge in [-0.15, -0.1) is 0 Å². The van der Waals surface area contributed by atoms with Crippen LogP contribution in [0.25, 0.3) is 0 Å². The predicted octanol–water partition coefficient (Wildman–Crippen LogP) is 2.53. The van der Waals surface area contributed by atoms with Gasteiger partial charge in [0.1, 0.15) is 0 Å². The van der Waals surface area contributed by atoms with E-state index in [0.717, 1.165) is 22.0 Å². The van der Waals surface area contributed by atoms with Gasteiger partial charge in [0.2, 0.25) is 5.91 Å². The zero-order chi connectivity index (χ0) is 20.4. The van der Waals surface area contributed by atoms with Crippen LogP contribution in [0.3, 0.4) is 0 Å². The zero-order valence-electron chi connectivity index (χ0n) is 16.1. The molecule has 2 N–H and O–H groups in total. The minimum absolute atomic E-state index is 0.0176. The first-order chi connectivity index (χ1) is 13.9. The lowest BCUT2D eigenvalue weighted by molar-refractivity contribution is -0.120. The summed E-state index contributed by atoms with van der Waals surface area (Å²) in [6.45, 7) is 2.56. The number of thioether (sulfide) groups is 1. The number of benzene rings is 2. The van der Waals surface area contributed by atoms with Crippen LogP contribution in [0.2, 0.25) is 0 Å². The fraction of sp³-hybridized carbons (Fsp3) is 0.333. The number of rotatable bonds is 5. The highest BCUT2D eigenvalue weighted by molar-refractivity contribution is 8.15. The summed E-state index contributed by atoms with van der Waals surface area (Å²) >= 11 is 1.49. The third kappa shape index (κ3) is 5.19. The van der Waals surface area contributed by atoms with Crippen molar-refractivity contribution in [1.29, 1.82) is 0 Å². The summed E-state index contributed by atoms with van der Waals surface area (Å²) in [5, 5.41) is 6.98. The second kappa shape index (κ2) is 8.20. The number of nitrogens with one attached hydrogen (secondary N) is 2. The highest BCUT2D eigenvalue weighted by Crippen LogP contribution is 2.34. The molecule has 0 unspecified atom stereocenters. The van der Waals surface area contributed by atoms with E-state index in [4.69, 9.17) is 0 Å². The fourth-order valence-electron chi connectivity index (χ4n) is 3.40. The van der Waals surface area contributed by atoms with Gasteiger partial charge in [0, 0.05) is 17.5 Å². The van der Waals surface area contributed by atoms with E-state index in [9.17, 15) is 13.2 Å².